The molecule has 8 heteroatoms. The van der Waals surface area contributed by atoms with E-state index in [9.17, 15) is 23.1 Å². The van der Waals surface area contributed by atoms with Gasteiger partial charge in [0.25, 0.3) is 5.56 Å². The molecule has 1 aliphatic rings. The fraction of sp³-hybridized carbons (Fsp3) is 0.375. The van der Waals surface area contributed by atoms with Crippen molar-refractivity contribution >= 4 is 0 Å². The Labute approximate surface area is 135 Å². The van der Waals surface area contributed by atoms with Crippen molar-refractivity contribution in [1.29, 1.82) is 0 Å². The Morgan fingerprint density at radius 2 is 1.92 bits per heavy atom. The number of aromatic nitrogens is 2. The molecule has 0 radical (unpaired) electrons. The first-order chi connectivity index (χ1) is 11.4. The Bertz CT molecular complexity index is 796. The Kier molecular flexibility index (Phi) is 4.31. The molecule has 24 heavy (non-hydrogen) atoms. The minimum atomic E-state index is -4.56. The molecule has 0 saturated carbocycles. The van der Waals surface area contributed by atoms with Crippen LogP contribution in [0.1, 0.15) is 24.4 Å². The van der Waals surface area contributed by atoms with Crippen molar-refractivity contribution < 1.29 is 23.0 Å². The largest absolute Gasteiger partial charge is 0.507 e. The highest BCUT2D eigenvalue weighted by molar-refractivity contribution is 5.69. The van der Waals surface area contributed by atoms with Crippen LogP contribution < -0.4 is 5.56 Å². The van der Waals surface area contributed by atoms with E-state index >= 15 is 0 Å². The van der Waals surface area contributed by atoms with Gasteiger partial charge in [-0.25, -0.2) is 4.98 Å². The SMILES string of the molecule is O=c1c(-c2ccc(C(F)(F)F)cc2O)cncn1C1CCOCC1. The van der Waals surface area contributed by atoms with Gasteiger partial charge in [-0.3, -0.25) is 9.36 Å². The summed E-state index contributed by atoms with van der Waals surface area (Å²) in [7, 11) is 0. The normalized spacial score (nSPS) is 16.3. The van der Waals surface area contributed by atoms with E-state index in [1.54, 1.807) is 0 Å². The molecule has 0 aliphatic carbocycles. The van der Waals surface area contributed by atoms with E-state index in [0.29, 0.717) is 32.1 Å². The smallest absolute Gasteiger partial charge is 0.416 e. The van der Waals surface area contributed by atoms with Crippen LogP contribution in [-0.4, -0.2) is 27.9 Å². The van der Waals surface area contributed by atoms with Crippen LogP contribution in [0.5, 0.6) is 5.75 Å². The van der Waals surface area contributed by atoms with E-state index in [1.165, 1.54) is 17.1 Å². The second kappa shape index (κ2) is 6.27. The molecule has 1 aromatic carbocycles. The fourth-order valence-electron chi connectivity index (χ4n) is 2.77. The van der Waals surface area contributed by atoms with Gasteiger partial charge >= 0.3 is 6.18 Å². The number of halogens is 3. The zero-order chi connectivity index (χ0) is 17.3. The number of hydrogen-bond acceptors (Lipinski definition) is 4. The van der Waals surface area contributed by atoms with Gasteiger partial charge in [-0.15, -0.1) is 0 Å². The number of rotatable bonds is 2. The predicted octanol–water partition coefficient (Wildman–Crippen LogP) is 2.99. The molecule has 1 fully saturated rings. The molecule has 5 nitrogen and oxygen atoms in total. The number of benzene rings is 1. The number of hydrogen-bond donors (Lipinski definition) is 1. The summed E-state index contributed by atoms with van der Waals surface area (Å²) in [4.78, 5) is 16.6. The summed E-state index contributed by atoms with van der Waals surface area (Å²) >= 11 is 0. The lowest BCUT2D eigenvalue weighted by Gasteiger charge is -2.24. The first kappa shape index (κ1) is 16.5. The molecule has 3 rings (SSSR count). The van der Waals surface area contributed by atoms with Crippen LogP contribution >= 0.6 is 0 Å². The molecule has 2 heterocycles. The Hall–Kier alpha value is -2.35. The number of phenols is 1. The van der Waals surface area contributed by atoms with Crippen LogP contribution in [0.3, 0.4) is 0 Å². The Balaban J connectivity index is 2.03. The van der Waals surface area contributed by atoms with Crippen molar-refractivity contribution in [2.24, 2.45) is 0 Å². The highest BCUT2D eigenvalue weighted by atomic mass is 19.4. The molecule has 0 unspecified atom stereocenters. The summed E-state index contributed by atoms with van der Waals surface area (Å²) < 4.78 is 44.8. The van der Waals surface area contributed by atoms with Crippen molar-refractivity contribution in [2.75, 3.05) is 13.2 Å². The summed E-state index contributed by atoms with van der Waals surface area (Å²) in [5.74, 6) is -0.603. The van der Waals surface area contributed by atoms with E-state index in [2.05, 4.69) is 4.98 Å². The molecule has 1 saturated heterocycles. The monoisotopic (exact) mass is 340 g/mol. The van der Waals surface area contributed by atoms with Gasteiger partial charge in [0.15, 0.2) is 0 Å². The predicted molar refractivity (Wildman–Crippen MR) is 79.7 cm³/mol. The van der Waals surface area contributed by atoms with E-state index < -0.39 is 23.0 Å². The summed E-state index contributed by atoms with van der Waals surface area (Å²) in [6.45, 7) is 1.07. The number of nitrogens with zero attached hydrogens (tertiary/aromatic N) is 2. The maximum Gasteiger partial charge on any atom is 0.416 e. The van der Waals surface area contributed by atoms with Crippen molar-refractivity contribution in [3.05, 3.63) is 46.6 Å². The Morgan fingerprint density at radius 1 is 1.21 bits per heavy atom. The average Bonchev–Trinajstić information content (AvgIpc) is 2.55. The zero-order valence-electron chi connectivity index (χ0n) is 12.6. The first-order valence-electron chi connectivity index (χ1n) is 7.42. The van der Waals surface area contributed by atoms with Crippen molar-refractivity contribution in [3.8, 4) is 16.9 Å². The summed E-state index contributed by atoms with van der Waals surface area (Å²) in [5, 5.41) is 9.94. The van der Waals surface area contributed by atoms with Gasteiger partial charge in [0.05, 0.1) is 17.5 Å². The highest BCUT2D eigenvalue weighted by Crippen LogP contribution is 2.35. The number of phenolic OH excluding ortho intramolecular Hbond substituents is 1. The topological polar surface area (TPSA) is 64.3 Å². The zero-order valence-corrected chi connectivity index (χ0v) is 12.6. The standard InChI is InChI=1S/C16H15F3N2O3/c17-16(18,19)10-1-2-12(14(22)7-10)13-8-20-9-21(15(13)23)11-3-5-24-6-4-11/h1-2,7-9,11,22H,3-6H2. The fourth-order valence-corrected chi connectivity index (χ4v) is 2.77. The minimum Gasteiger partial charge on any atom is -0.507 e. The van der Waals surface area contributed by atoms with Gasteiger partial charge in [-0.1, -0.05) is 0 Å². The summed E-state index contributed by atoms with van der Waals surface area (Å²) in [6.07, 6.45) is -0.593. The van der Waals surface area contributed by atoms with Crippen LogP contribution in [0.4, 0.5) is 13.2 Å². The van der Waals surface area contributed by atoms with Crippen LogP contribution in [0, 0.1) is 0 Å². The molecule has 0 bridgehead atoms. The summed E-state index contributed by atoms with van der Waals surface area (Å²) in [5.41, 5.74) is -1.28. The highest BCUT2D eigenvalue weighted by Gasteiger charge is 2.31. The van der Waals surface area contributed by atoms with E-state index in [1.807, 2.05) is 0 Å². The number of aromatic hydroxyl groups is 1. The van der Waals surface area contributed by atoms with Gasteiger partial charge in [-0.05, 0) is 31.0 Å². The maximum atomic E-state index is 12.7. The lowest BCUT2D eigenvalue weighted by atomic mass is 10.0. The molecular formula is C16H15F3N2O3. The van der Waals surface area contributed by atoms with Crippen molar-refractivity contribution in [2.45, 2.75) is 25.1 Å². The summed E-state index contributed by atoms with van der Waals surface area (Å²) in [6, 6.07) is 2.46. The molecule has 2 aromatic rings. The van der Waals surface area contributed by atoms with Crippen LogP contribution in [0.15, 0.2) is 35.5 Å². The van der Waals surface area contributed by atoms with Crippen LogP contribution in [0.25, 0.3) is 11.1 Å². The molecule has 1 N–H and O–H groups in total. The van der Waals surface area contributed by atoms with Gasteiger partial charge in [0, 0.05) is 31.0 Å². The van der Waals surface area contributed by atoms with Crippen LogP contribution in [-0.2, 0) is 10.9 Å². The third-order valence-electron chi connectivity index (χ3n) is 4.06. The van der Waals surface area contributed by atoms with Gasteiger partial charge < -0.3 is 9.84 Å². The van der Waals surface area contributed by atoms with Gasteiger partial charge in [0.2, 0.25) is 0 Å². The van der Waals surface area contributed by atoms with Gasteiger partial charge in [0.1, 0.15) is 5.75 Å². The molecule has 0 spiro atoms. The van der Waals surface area contributed by atoms with Gasteiger partial charge in [-0.2, -0.15) is 13.2 Å². The quantitative estimate of drug-likeness (QED) is 0.913. The maximum absolute atomic E-state index is 12.7. The molecule has 128 valence electrons. The number of alkyl halides is 3. The second-order valence-corrected chi connectivity index (χ2v) is 5.59. The Morgan fingerprint density at radius 3 is 2.54 bits per heavy atom. The molecule has 0 atom stereocenters. The third kappa shape index (κ3) is 3.14. The third-order valence-corrected chi connectivity index (χ3v) is 4.06. The van der Waals surface area contributed by atoms with E-state index in [4.69, 9.17) is 4.74 Å². The van der Waals surface area contributed by atoms with Crippen molar-refractivity contribution in [1.82, 2.24) is 9.55 Å². The minimum absolute atomic E-state index is 0.0295. The molecular weight excluding hydrogens is 325 g/mol. The number of ether oxygens (including phenoxy) is 1. The molecule has 0 amide bonds. The molecule has 1 aliphatic heterocycles. The lowest BCUT2D eigenvalue weighted by molar-refractivity contribution is -0.137. The van der Waals surface area contributed by atoms with Crippen molar-refractivity contribution in [3.63, 3.8) is 0 Å². The van der Waals surface area contributed by atoms with E-state index in [0.717, 1.165) is 12.1 Å². The lowest BCUT2D eigenvalue weighted by Crippen LogP contribution is -2.30. The second-order valence-electron chi connectivity index (χ2n) is 5.59. The average molecular weight is 340 g/mol. The molecule has 1 aromatic heterocycles. The first-order valence-corrected chi connectivity index (χ1v) is 7.42. The van der Waals surface area contributed by atoms with Crippen LogP contribution in [0.2, 0.25) is 0 Å². The van der Waals surface area contributed by atoms with E-state index in [-0.39, 0.29) is 17.2 Å².